The fraction of sp³-hybridized carbons (Fsp3) is 0.250. The van der Waals surface area contributed by atoms with Crippen molar-refractivity contribution in [2.45, 2.75) is 19.6 Å². The molecule has 0 aliphatic heterocycles. The molecule has 0 aliphatic rings. The van der Waals surface area contributed by atoms with Gasteiger partial charge in [-0.25, -0.2) is 0 Å². The smallest absolute Gasteiger partial charge is 0.124 e. The molecule has 0 amide bonds. The fourth-order valence-electron chi connectivity index (χ4n) is 1.89. The van der Waals surface area contributed by atoms with E-state index in [1.54, 1.807) is 7.11 Å². The van der Waals surface area contributed by atoms with E-state index in [1.165, 1.54) is 0 Å². The van der Waals surface area contributed by atoms with Gasteiger partial charge < -0.3 is 15.2 Å². The van der Waals surface area contributed by atoms with Crippen molar-refractivity contribution in [3.63, 3.8) is 0 Å². The monoisotopic (exact) mass is 335 g/mol. The van der Waals surface area contributed by atoms with Crippen molar-refractivity contribution in [3.05, 3.63) is 58.1 Å². The van der Waals surface area contributed by atoms with Crippen LogP contribution in [0.5, 0.6) is 11.5 Å². The van der Waals surface area contributed by atoms with Crippen molar-refractivity contribution in [1.82, 2.24) is 0 Å². The third-order valence-electron chi connectivity index (χ3n) is 3.02. The highest BCUT2D eigenvalue weighted by atomic mass is 79.9. The van der Waals surface area contributed by atoms with Crippen LogP contribution in [-0.4, -0.2) is 7.11 Å². The van der Waals surface area contributed by atoms with E-state index in [2.05, 4.69) is 15.9 Å². The maximum absolute atomic E-state index is 5.97. The number of halogens is 1. The van der Waals surface area contributed by atoms with Crippen LogP contribution in [0.1, 0.15) is 24.1 Å². The second-order valence-corrected chi connectivity index (χ2v) is 5.52. The van der Waals surface area contributed by atoms with E-state index in [-0.39, 0.29) is 6.04 Å². The SMILES string of the molecule is COc1ccc(COc2ccc(Br)cc2[C@@H](C)N)cc1. The second-order valence-electron chi connectivity index (χ2n) is 4.61. The van der Waals surface area contributed by atoms with Gasteiger partial charge in [0.2, 0.25) is 0 Å². The van der Waals surface area contributed by atoms with Crippen molar-refractivity contribution < 1.29 is 9.47 Å². The fourth-order valence-corrected chi connectivity index (χ4v) is 2.27. The van der Waals surface area contributed by atoms with E-state index >= 15 is 0 Å². The summed E-state index contributed by atoms with van der Waals surface area (Å²) in [4.78, 5) is 0. The Bertz CT molecular complexity index is 567. The molecule has 1 atom stereocenters. The topological polar surface area (TPSA) is 44.5 Å². The molecule has 2 rings (SSSR count). The summed E-state index contributed by atoms with van der Waals surface area (Å²) in [5, 5.41) is 0. The zero-order valence-corrected chi connectivity index (χ0v) is 13.2. The molecule has 0 spiro atoms. The zero-order valence-electron chi connectivity index (χ0n) is 11.6. The number of hydrogen-bond acceptors (Lipinski definition) is 3. The van der Waals surface area contributed by atoms with Gasteiger partial charge in [-0.2, -0.15) is 0 Å². The summed E-state index contributed by atoms with van der Waals surface area (Å²) in [5.74, 6) is 1.66. The standard InChI is InChI=1S/C16H18BrNO2/c1-11(18)15-9-13(17)5-8-16(15)20-10-12-3-6-14(19-2)7-4-12/h3-9,11H,10,18H2,1-2H3/t11-/m1/s1. The Labute approximate surface area is 127 Å². The summed E-state index contributed by atoms with van der Waals surface area (Å²) < 4.78 is 12.0. The van der Waals surface area contributed by atoms with Gasteiger partial charge in [0.25, 0.3) is 0 Å². The Morgan fingerprint density at radius 2 is 1.85 bits per heavy atom. The van der Waals surface area contributed by atoms with Gasteiger partial charge in [0.05, 0.1) is 7.11 Å². The lowest BCUT2D eigenvalue weighted by molar-refractivity contribution is 0.301. The molecule has 2 N–H and O–H groups in total. The molecule has 0 fully saturated rings. The molecule has 0 bridgehead atoms. The average molecular weight is 336 g/mol. The number of rotatable bonds is 5. The molecule has 106 valence electrons. The number of methoxy groups -OCH3 is 1. The summed E-state index contributed by atoms with van der Waals surface area (Å²) in [6.07, 6.45) is 0. The molecule has 0 radical (unpaired) electrons. The van der Waals surface area contributed by atoms with Crippen LogP contribution < -0.4 is 15.2 Å². The predicted molar refractivity (Wildman–Crippen MR) is 84.1 cm³/mol. The molecule has 0 unspecified atom stereocenters. The molecule has 2 aromatic carbocycles. The van der Waals surface area contributed by atoms with Crippen molar-refractivity contribution in [2.24, 2.45) is 5.73 Å². The third kappa shape index (κ3) is 3.74. The predicted octanol–water partition coefficient (Wildman–Crippen LogP) is 4.06. The zero-order chi connectivity index (χ0) is 14.5. The Balaban J connectivity index is 2.10. The molecule has 2 aromatic rings. The molecule has 0 aromatic heterocycles. The van der Waals surface area contributed by atoms with E-state index in [0.29, 0.717) is 6.61 Å². The van der Waals surface area contributed by atoms with E-state index in [4.69, 9.17) is 15.2 Å². The molecule has 0 saturated heterocycles. The molecule has 20 heavy (non-hydrogen) atoms. The van der Waals surface area contributed by atoms with Gasteiger partial charge in [-0.15, -0.1) is 0 Å². The highest BCUT2D eigenvalue weighted by Gasteiger charge is 2.09. The van der Waals surface area contributed by atoms with E-state index in [0.717, 1.165) is 27.1 Å². The minimum Gasteiger partial charge on any atom is -0.497 e. The largest absolute Gasteiger partial charge is 0.497 e. The van der Waals surface area contributed by atoms with Crippen LogP contribution in [-0.2, 0) is 6.61 Å². The molecule has 4 heteroatoms. The van der Waals surface area contributed by atoms with Crippen molar-refractivity contribution in [1.29, 1.82) is 0 Å². The normalized spacial score (nSPS) is 12.0. The summed E-state index contributed by atoms with van der Waals surface area (Å²) in [7, 11) is 1.66. The lowest BCUT2D eigenvalue weighted by atomic mass is 10.1. The Morgan fingerprint density at radius 3 is 2.45 bits per heavy atom. The number of benzene rings is 2. The first-order valence-electron chi connectivity index (χ1n) is 6.41. The van der Waals surface area contributed by atoms with Crippen molar-refractivity contribution >= 4 is 15.9 Å². The van der Waals surface area contributed by atoms with Crippen molar-refractivity contribution in [2.75, 3.05) is 7.11 Å². The van der Waals surface area contributed by atoms with Gasteiger partial charge in [0, 0.05) is 16.1 Å². The summed E-state index contributed by atoms with van der Waals surface area (Å²) >= 11 is 3.45. The minimum atomic E-state index is -0.0710. The van der Waals surface area contributed by atoms with Gasteiger partial charge in [-0.1, -0.05) is 28.1 Å². The van der Waals surface area contributed by atoms with Gasteiger partial charge in [-0.3, -0.25) is 0 Å². The van der Waals surface area contributed by atoms with Gasteiger partial charge in [0.15, 0.2) is 0 Å². The van der Waals surface area contributed by atoms with E-state index in [9.17, 15) is 0 Å². The molecule has 3 nitrogen and oxygen atoms in total. The molecule has 0 aliphatic carbocycles. The first-order chi connectivity index (χ1) is 9.60. The van der Waals surface area contributed by atoms with Crippen LogP contribution in [0.2, 0.25) is 0 Å². The van der Waals surface area contributed by atoms with Crippen molar-refractivity contribution in [3.8, 4) is 11.5 Å². The number of hydrogen-bond donors (Lipinski definition) is 1. The highest BCUT2D eigenvalue weighted by molar-refractivity contribution is 9.10. The quantitative estimate of drug-likeness (QED) is 0.896. The molecular formula is C16H18BrNO2. The number of ether oxygens (including phenoxy) is 2. The number of nitrogens with two attached hydrogens (primary N) is 1. The lowest BCUT2D eigenvalue weighted by Crippen LogP contribution is -2.08. The highest BCUT2D eigenvalue weighted by Crippen LogP contribution is 2.28. The Morgan fingerprint density at radius 1 is 1.15 bits per heavy atom. The summed E-state index contributed by atoms with van der Waals surface area (Å²) in [5.41, 5.74) is 8.05. The van der Waals surface area contributed by atoms with Gasteiger partial charge in [-0.05, 0) is 42.8 Å². The Kier molecular flexibility index (Phi) is 5.04. The minimum absolute atomic E-state index is 0.0710. The summed E-state index contributed by atoms with van der Waals surface area (Å²) in [6, 6.07) is 13.6. The molecule has 0 heterocycles. The average Bonchev–Trinajstić information content (AvgIpc) is 2.46. The maximum Gasteiger partial charge on any atom is 0.124 e. The van der Waals surface area contributed by atoms with Crippen LogP contribution in [0.15, 0.2) is 46.9 Å². The first-order valence-corrected chi connectivity index (χ1v) is 7.20. The molecule has 0 saturated carbocycles. The van der Waals surface area contributed by atoms with Gasteiger partial charge in [0.1, 0.15) is 18.1 Å². The van der Waals surface area contributed by atoms with Crippen LogP contribution in [0.4, 0.5) is 0 Å². The van der Waals surface area contributed by atoms with E-state index < -0.39 is 0 Å². The van der Waals surface area contributed by atoms with Crippen LogP contribution >= 0.6 is 15.9 Å². The third-order valence-corrected chi connectivity index (χ3v) is 3.51. The second kappa shape index (κ2) is 6.77. The summed E-state index contributed by atoms with van der Waals surface area (Å²) in [6.45, 7) is 2.45. The van der Waals surface area contributed by atoms with Crippen LogP contribution in [0.3, 0.4) is 0 Å². The van der Waals surface area contributed by atoms with Gasteiger partial charge >= 0.3 is 0 Å². The maximum atomic E-state index is 5.97. The Hall–Kier alpha value is -1.52. The first kappa shape index (κ1) is 14.9. The van der Waals surface area contributed by atoms with E-state index in [1.807, 2.05) is 49.4 Å². The van der Waals surface area contributed by atoms with Crippen LogP contribution in [0.25, 0.3) is 0 Å². The lowest BCUT2D eigenvalue weighted by Gasteiger charge is -2.14. The van der Waals surface area contributed by atoms with Crippen LogP contribution in [0, 0.1) is 0 Å². The molecular weight excluding hydrogens is 318 g/mol.